The lowest BCUT2D eigenvalue weighted by Crippen LogP contribution is -2.32. The molecule has 5 heteroatoms. The Morgan fingerprint density at radius 1 is 1.25 bits per heavy atom. The van der Waals surface area contributed by atoms with E-state index < -0.39 is 5.97 Å². The quantitative estimate of drug-likeness (QED) is 0.564. The summed E-state index contributed by atoms with van der Waals surface area (Å²) in [4.78, 5) is 29.4. The third-order valence-electron chi connectivity index (χ3n) is 2.44. The van der Waals surface area contributed by atoms with Gasteiger partial charge in [0.25, 0.3) is 5.91 Å². The number of ether oxygens (including phenoxy) is 1. The molecule has 0 atom stereocenters. The monoisotopic (exact) mass is 274 g/mol. The Bertz CT molecular complexity index is 502. The lowest BCUT2D eigenvalue weighted by atomic mass is 10.2. The standard InChI is InChI=1S/C15H18N2O3/c1-4-10-17(11-5-2)14(18)12-8-7-9-13(16-12)15(19)20-6-3/h4-5,7-9H,1-2,6,10-11H2,3H3. The molecule has 0 radical (unpaired) electrons. The molecular weight excluding hydrogens is 256 g/mol. The summed E-state index contributed by atoms with van der Waals surface area (Å²) in [6.45, 7) is 9.96. The van der Waals surface area contributed by atoms with Gasteiger partial charge < -0.3 is 9.64 Å². The van der Waals surface area contributed by atoms with Crippen molar-refractivity contribution in [3.05, 3.63) is 54.9 Å². The van der Waals surface area contributed by atoms with Crippen molar-refractivity contribution in [3.8, 4) is 0 Å². The van der Waals surface area contributed by atoms with Crippen LogP contribution >= 0.6 is 0 Å². The summed E-state index contributed by atoms with van der Waals surface area (Å²) in [7, 11) is 0. The molecule has 0 bridgehead atoms. The van der Waals surface area contributed by atoms with Crippen LogP contribution in [0.2, 0.25) is 0 Å². The van der Waals surface area contributed by atoms with E-state index in [2.05, 4.69) is 18.1 Å². The molecular formula is C15H18N2O3. The van der Waals surface area contributed by atoms with Gasteiger partial charge >= 0.3 is 5.97 Å². The number of hydrogen-bond donors (Lipinski definition) is 0. The van der Waals surface area contributed by atoms with Crippen LogP contribution in [0.1, 0.15) is 27.9 Å². The SMILES string of the molecule is C=CCN(CC=C)C(=O)c1cccc(C(=O)OCC)n1. The minimum Gasteiger partial charge on any atom is -0.461 e. The number of esters is 1. The zero-order valence-corrected chi connectivity index (χ0v) is 11.5. The van der Waals surface area contributed by atoms with E-state index in [-0.39, 0.29) is 23.9 Å². The zero-order valence-electron chi connectivity index (χ0n) is 11.5. The summed E-state index contributed by atoms with van der Waals surface area (Å²) in [6.07, 6.45) is 3.24. The van der Waals surface area contributed by atoms with Crippen LogP contribution in [-0.2, 0) is 4.74 Å². The van der Waals surface area contributed by atoms with Gasteiger partial charge in [-0.25, -0.2) is 9.78 Å². The normalized spacial score (nSPS) is 9.65. The molecule has 0 aromatic carbocycles. The van der Waals surface area contributed by atoms with Gasteiger partial charge in [0.1, 0.15) is 11.4 Å². The molecule has 0 saturated heterocycles. The fourth-order valence-corrected chi connectivity index (χ4v) is 1.59. The molecule has 20 heavy (non-hydrogen) atoms. The van der Waals surface area contributed by atoms with Crippen molar-refractivity contribution < 1.29 is 14.3 Å². The van der Waals surface area contributed by atoms with Crippen molar-refractivity contribution in [1.82, 2.24) is 9.88 Å². The summed E-state index contributed by atoms with van der Waals surface area (Å²) in [5.74, 6) is -0.822. The van der Waals surface area contributed by atoms with E-state index in [4.69, 9.17) is 4.74 Å². The highest BCUT2D eigenvalue weighted by Crippen LogP contribution is 2.06. The number of nitrogens with zero attached hydrogens (tertiary/aromatic N) is 2. The second-order valence-electron chi connectivity index (χ2n) is 3.92. The molecule has 0 unspecified atom stereocenters. The molecule has 1 aromatic rings. The van der Waals surface area contributed by atoms with Gasteiger partial charge in [0.2, 0.25) is 0 Å². The maximum atomic E-state index is 12.3. The van der Waals surface area contributed by atoms with Crippen molar-refractivity contribution in [1.29, 1.82) is 0 Å². The predicted octanol–water partition coefficient (Wildman–Crippen LogP) is 2.07. The fourth-order valence-electron chi connectivity index (χ4n) is 1.59. The molecule has 1 heterocycles. The minimum absolute atomic E-state index is 0.120. The van der Waals surface area contributed by atoms with Crippen molar-refractivity contribution in [3.63, 3.8) is 0 Å². The lowest BCUT2D eigenvalue weighted by molar-refractivity contribution is 0.0519. The Kier molecular flexibility index (Phi) is 6.16. The molecule has 0 saturated carbocycles. The maximum Gasteiger partial charge on any atom is 0.356 e. The van der Waals surface area contributed by atoms with Crippen molar-refractivity contribution >= 4 is 11.9 Å². The highest BCUT2D eigenvalue weighted by atomic mass is 16.5. The van der Waals surface area contributed by atoms with Gasteiger partial charge in [0.05, 0.1) is 6.61 Å². The minimum atomic E-state index is -0.541. The van der Waals surface area contributed by atoms with Gasteiger partial charge in [-0.3, -0.25) is 4.79 Å². The largest absolute Gasteiger partial charge is 0.461 e. The Balaban J connectivity index is 2.97. The fraction of sp³-hybridized carbons (Fsp3) is 0.267. The Labute approximate surface area is 118 Å². The van der Waals surface area contributed by atoms with E-state index in [1.54, 1.807) is 31.2 Å². The van der Waals surface area contributed by atoms with E-state index in [1.807, 2.05) is 0 Å². The first-order valence-corrected chi connectivity index (χ1v) is 6.29. The van der Waals surface area contributed by atoms with E-state index in [9.17, 15) is 9.59 Å². The van der Waals surface area contributed by atoms with Gasteiger partial charge in [-0.05, 0) is 19.1 Å². The number of pyridine rings is 1. The Morgan fingerprint density at radius 2 is 1.85 bits per heavy atom. The molecule has 106 valence electrons. The van der Waals surface area contributed by atoms with Crippen LogP contribution in [-0.4, -0.2) is 41.5 Å². The van der Waals surface area contributed by atoms with Crippen LogP contribution in [0.5, 0.6) is 0 Å². The highest BCUT2D eigenvalue weighted by molar-refractivity contribution is 5.94. The summed E-state index contributed by atoms with van der Waals surface area (Å²) in [5.41, 5.74) is 0.314. The van der Waals surface area contributed by atoms with E-state index in [1.165, 1.54) is 11.0 Å². The van der Waals surface area contributed by atoms with Crippen LogP contribution in [0.15, 0.2) is 43.5 Å². The smallest absolute Gasteiger partial charge is 0.356 e. The van der Waals surface area contributed by atoms with E-state index in [0.29, 0.717) is 13.1 Å². The first-order chi connectivity index (χ1) is 9.63. The first-order valence-electron chi connectivity index (χ1n) is 6.29. The van der Waals surface area contributed by atoms with Gasteiger partial charge in [-0.2, -0.15) is 0 Å². The van der Waals surface area contributed by atoms with Gasteiger partial charge in [0.15, 0.2) is 0 Å². The van der Waals surface area contributed by atoms with Crippen LogP contribution in [0, 0.1) is 0 Å². The van der Waals surface area contributed by atoms with Crippen molar-refractivity contribution in [2.45, 2.75) is 6.92 Å². The summed E-state index contributed by atoms with van der Waals surface area (Å²) in [6, 6.07) is 4.68. The number of amides is 1. The Hall–Kier alpha value is -2.43. The predicted molar refractivity (Wildman–Crippen MR) is 76.5 cm³/mol. The Morgan fingerprint density at radius 3 is 2.40 bits per heavy atom. The number of carbonyl (C=O) groups excluding carboxylic acids is 2. The first kappa shape index (κ1) is 15.6. The van der Waals surface area contributed by atoms with Crippen molar-refractivity contribution in [2.75, 3.05) is 19.7 Å². The molecule has 5 nitrogen and oxygen atoms in total. The van der Waals surface area contributed by atoms with Crippen LogP contribution in [0.4, 0.5) is 0 Å². The number of hydrogen-bond acceptors (Lipinski definition) is 4. The molecule has 1 aromatic heterocycles. The number of rotatable bonds is 7. The van der Waals surface area contributed by atoms with E-state index in [0.717, 1.165) is 0 Å². The molecule has 1 amide bonds. The molecule has 0 fully saturated rings. The lowest BCUT2D eigenvalue weighted by Gasteiger charge is -2.18. The number of carbonyl (C=O) groups is 2. The molecule has 0 aliphatic heterocycles. The topological polar surface area (TPSA) is 59.5 Å². The third kappa shape index (κ3) is 4.05. The molecule has 0 spiro atoms. The van der Waals surface area contributed by atoms with Gasteiger partial charge in [0, 0.05) is 13.1 Å². The van der Waals surface area contributed by atoms with Crippen LogP contribution in [0.25, 0.3) is 0 Å². The van der Waals surface area contributed by atoms with Crippen molar-refractivity contribution in [2.24, 2.45) is 0 Å². The molecule has 1 rings (SSSR count). The molecule has 0 aliphatic carbocycles. The van der Waals surface area contributed by atoms with Gasteiger partial charge in [-0.1, -0.05) is 18.2 Å². The average molecular weight is 274 g/mol. The number of aromatic nitrogens is 1. The van der Waals surface area contributed by atoms with Crippen LogP contribution in [0.3, 0.4) is 0 Å². The zero-order chi connectivity index (χ0) is 15.0. The highest BCUT2D eigenvalue weighted by Gasteiger charge is 2.17. The average Bonchev–Trinajstić information content (AvgIpc) is 2.46. The van der Waals surface area contributed by atoms with E-state index >= 15 is 0 Å². The summed E-state index contributed by atoms with van der Waals surface area (Å²) in [5, 5.41) is 0. The summed E-state index contributed by atoms with van der Waals surface area (Å²) < 4.78 is 4.86. The second kappa shape index (κ2) is 7.89. The van der Waals surface area contributed by atoms with Crippen LogP contribution < -0.4 is 0 Å². The van der Waals surface area contributed by atoms with Gasteiger partial charge in [-0.15, -0.1) is 13.2 Å². The maximum absolute atomic E-state index is 12.3. The second-order valence-corrected chi connectivity index (χ2v) is 3.92. The third-order valence-corrected chi connectivity index (χ3v) is 2.44. The summed E-state index contributed by atoms with van der Waals surface area (Å²) >= 11 is 0. The molecule has 0 aliphatic rings. The molecule has 0 N–H and O–H groups in total.